The van der Waals surface area contributed by atoms with Crippen molar-refractivity contribution >= 4 is 11.4 Å². The molecular weight excluding hydrogens is 266 g/mol. The van der Waals surface area contributed by atoms with Gasteiger partial charge in [-0.25, -0.2) is 4.52 Å². The summed E-state index contributed by atoms with van der Waals surface area (Å²) in [6, 6.07) is 5.63. The van der Waals surface area contributed by atoms with E-state index >= 15 is 0 Å². The maximum atomic E-state index is 12.6. The maximum absolute atomic E-state index is 12.6. The van der Waals surface area contributed by atoms with Gasteiger partial charge in [-0.1, -0.05) is 25.8 Å². The standard InChI is InChI=1S/C16H21N3O2/c1-12-5-4-7-16(9-12,11-20)18-15(21)13-10-17-19-8-3-2-6-14(13)19/h2-3,6,8,10,12,20H,4-5,7,9,11H2,1H3,(H,18,21). The van der Waals surface area contributed by atoms with Gasteiger partial charge in [-0.3, -0.25) is 4.79 Å². The molecular formula is C16H21N3O2. The van der Waals surface area contributed by atoms with Crippen LogP contribution in [0.3, 0.4) is 0 Å². The molecule has 5 nitrogen and oxygen atoms in total. The third-order valence-corrected chi connectivity index (χ3v) is 4.44. The van der Waals surface area contributed by atoms with Crippen molar-refractivity contribution in [2.45, 2.75) is 38.1 Å². The number of nitrogens with one attached hydrogen (secondary N) is 1. The first kappa shape index (κ1) is 14.1. The molecule has 0 radical (unpaired) electrons. The molecule has 0 aliphatic heterocycles. The molecule has 5 heteroatoms. The number of rotatable bonds is 3. The Morgan fingerprint density at radius 3 is 3.19 bits per heavy atom. The van der Waals surface area contributed by atoms with Crippen LogP contribution in [0, 0.1) is 5.92 Å². The Labute approximate surface area is 124 Å². The number of carbonyl (C=O) groups is 1. The van der Waals surface area contributed by atoms with Gasteiger partial charge >= 0.3 is 0 Å². The molecule has 2 atom stereocenters. The molecule has 2 N–H and O–H groups in total. The normalized spacial score (nSPS) is 25.9. The van der Waals surface area contributed by atoms with Crippen molar-refractivity contribution in [3.8, 4) is 0 Å². The molecule has 3 rings (SSSR count). The van der Waals surface area contributed by atoms with E-state index in [-0.39, 0.29) is 12.5 Å². The zero-order valence-electron chi connectivity index (χ0n) is 12.2. The van der Waals surface area contributed by atoms with E-state index in [0.717, 1.165) is 31.2 Å². The number of nitrogens with zero attached hydrogens (tertiary/aromatic N) is 2. The SMILES string of the molecule is CC1CCCC(CO)(NC(=O)c2cnn3ccccc23)C1. The highest BCUT2D eigenvalue weighted by Crippen LogP contribution is 2.32. The molecule has 0 bridgehead atoms. The van der Waals surface area contributed by atoms with Crippen LogP contribution in [-0.2, 0) is 0 Å². The van der Waals surface area contributed by atoms with Crippen molar-refractivity contribution < 1.29 is 9.90 Å². The number of pyridine rings is 1. The van der Waals surface area contributed by atoms with Gasteiger partial charge in [0.05, 0.1) is 29.4 Å². The molecule has 1 fully saturated rings. The van der Waals surface area contributed by atoms with Gasteiger partial charge in [-0.15, -0.1) is 0 Å². The molecule has 0 saturated heterocycles. The third kappa shape index (κ3) is 2.65. The number of hydrogen-bond donors (Lipinski definition) is 2. The molecule has 2 heterocycles. The fourth-order valence-electron chi connectivity index (χ4n) is 3.37. The summed E-state index contributed by atoms with van der Waals surface area (Å²) in [5.41, 5.74) is 0.853. The number of aliphatic hydroxyl groups is 1. The molecule has 112 valence electrons. The van der Waals surface area contributed by atoms with Crippen LogP contribution in [-0.4, -0.2) is 32.8 Å². The van der Waals surface area contributed by atoms with Gasteiger partial charge in [0.2, 0.25) is 0 Å². The quantitative estimate of drug-likeness (QED) is 0.907. The van der Waals surface area contributed by atoms with Crippen LogP contribution in [0.2, 0.25) is 0 Å². The van der Waals surface area contributed by atoms with Gasteiger partial charge in [0.15, 0.2) is 0 Å². The average Bonchev–Trinajstić information content (AvgIpc) is 2.91. The first-order valence-corrected chi connectivity index (χ1v) is 7.49. The number of amides is 1. The van der Waals surface area contributed by atoms with Crippen LogP contribution in [0.4, 0.5) is 0 Å². The predicted molar refractivity (Wildman–Crippen MR) is 80.1 cm³/mol. The second-order valence-corrected chi connectivity index (χ2v) is 6.18. The van der Waals surface area contributed by atoms with Gasteiger partial charge in [0.1, 0.15) is 0 Å². The van der Waals surface area contributed by atoms with Crippen LogP contribution < -0.4 is 5.32 Å². The molecule has 1 aliphatic carbocycles. The smallest absolute Gasteiger partial charge is 0.255 e. The van der Waals surface area contributed by atoms with E-state index < -0.39 is 5.54 Å². The molecule has 2 unspecified atom stereocenters. The van der Waals surface area contributed by atoms with Crippen molar-refractivity contribution in [2.24, 2.45) is 5.92 Å². The first-order chi connectivity index (χ1) is 10.1. The summed E-state index contributed by atoms with van der Waals surface area (Å²) in [6.45, 7) is 2.16. The topological polar surface area (TPSA) is 66.6 Å². The summed E-state index contributed by atoms with van der Waals surface area (Å²) in [5, 5.41) is 17.0. The lowest BCUT2D eigenvalue weighted by atomic mass is 9.76. The highest BCUT2D eigenvalue weighted by atomic mass is 16.3. The first-order valence-electron chi connectivity index (χ1n) is 7.49. The van der Waals surface area contributed by atoms with Gasteiger partial charge in [0.25, 0.3) is 5.91 Å². The molecule has 0 spiro atoms. The van der Waals surface area contributed by atoms with Crippen molar-refractivity contribution in [1.29, 1.82) is 0 Å². The molecule has 21 heavy (non-hydrogen) atoms. The van der Waals surface area contributed by atoms with E-state index in [9.17, 15) is 9.90 Å². The Bertz CT molecular complexity index is 652. The highest BCUT2D eigenvalue weighted by Gasteiger charge is 2.36. The Morgan fingerprint density at radius 2 is 2.43 bits per heavy atom. The summed E-state index contributed by atoms with van der Waals surface area (Å²) >= 11 is 0. The summed E-state index contributed by atoms with van der Waals surface area (Å²) in [4.78, 5) is 12.6. The maximum Gasteiger partial charge on any atom is 0.255 e. The van der Waals surface area contributed by atoms with E-state index in [0.29, 0.717) is 11.5 Å². The van der Waals surface area contributed by atoms with E-state index in [1.165, 1.54) is 0 Å². The largest absolute Gasteiger partial charge is 0.394 e. The fourth-order valence-corrected chi connectivity index (χ4v) is 3.37. The summed E-state index contributed by atoms with van der Waals surface area (Å²) in [5.74, 6) is 0.370. The zero-order chi connectivity index (χ0) is 14.9. The minimum absolute atomic E-state index is 0.0116. The predicted octanol–water partition coefficient (Wildman–Crippen LogP) is 2.01. The summed E-state index contributed by atoms with van der Waals surface area (Å²) < 4.78 is 1.68. The lowest BCUT2D eigenvalue weighted by Gasteiger charge is -2.39. The molecule has 2 aromatic heterocycles. The highest BCUT2D eigenvalue weighted by molar-refractivity contribution is 6.01. The Kier molecular flexibility index (Phi) is 3.68. The zero-order valence-corrected chi connectivity index (χ0v) is 12.2. The monoisotopic (exact) mass is 287 g/mol. The van der Waals surface area contributed by atoms with E-state index in [2.05, 4.69) is 17.3 Å². The minimum Gasteiger partial charge on any atom is -0.394 e. The van der Waals surface area contributed by atoms with E-state index in [1.807, 2.05) is 24.4 Å². The Hall–Kier alpha value is -1.88. The van der Waals surface area contributed by atoms with Gasteiger partial charge in [-0.2, -0.15) is 5.10 Å². The van der Waals surface area contributed by atoms with Crippen LogP contribution in [0.5, 0.6) is 0 Å². The van der Waals surface area contributed by atoms with Gasteiger partial charge in [0, 0.05) is 6.20 Å². The van der Waals surface area contributed by atoms with E-state index in [4.69, 9.17) is 0 Å². The molecule has 1 saturated carbocycles. The minimum atomic E-state index is -0.488. The molecule has 1 aliphatic rings. The van der Waals surface area contributed by atoms with Crippen molar-refractivity contribution in [2.75, 3.05) is 6.61 Å². The van der Waals surface area contributed by atoms with Crippen LogP contribution in [0.1, 0.15) is 43.0 Å². The van der Waals surface area contributed by atoms with Crippen molar-refractivity contribution in [3.63, 3.8) is 0 Å². The Morgan fingerprint density at radius 1 is 1.57 bits per heavy atom. The third-order valence-electron chi connectivity index (χ3n) is 4.44. The van der Waals surface area contributed by atoms with Crippen LogP contribution in [0.25, 0.3) is 5.52 Å². The summed E-state index contributed by atoms with van der Waals surface area (Å²) in [7, 11) is 0. The van der Waals surface area contributed by atoms with Gasteiger partial charge < -0.3 is 10.4 Å². The lowest BCUT2D eigenvalue weighted by Crippen LogP contribution is -2.53. The van der Waals surface area contributed by atoms with Gasteiger partial charge in [-0.05, 0) is 30.9 Å². The lowest BCUT2D eigenvalue weighted by molar-refractivity contribution is 0.0698. The van der Waals surface area contributed by atoms with E-state index in [1.54, 1.807) is 10.7 Å². The number of fused-ring (bicyclic) bond motifs is 1. The number of aliphatic hydroxyl groups excluding tert-OH is 1. The van der Waals surface area contributed by atoms with Crippen LogP contribution in [0.15, 0.2) is 30.6 Å². The number of hydrogen-bond acceptors (Lipinski definition) is 3. The molecule has 1 amide bonds. The number of carbonyl (C=O) groups excluding carboxylic acids is 1. The summed E-state index contributed by atoms with van der Waals surface area (Å²) in [6.07, 6.45) is 7.26. The second-order valence-electron chi connectivity index (χ2n) is 6.18. The second kappa shape index (κ2) is 5.48. The Balaban J connectivity index is 1.85. The van der Waals surface area contributed by atoms with Crippen molar-refractivity contribution in [3.05, 3.63) is 36.2 Å². The average molecular weight is 287 g/mol. The number of aromatic nitrogens is 2. The molecule has 0 aromatic carbocycles. The fraction of sp³-hybridized carbons (Fsp3) is 0.500. The van der Waals surface area contributed by atoms with Crippen LogP contribution >= 0.6 is 0 Å². The molecule has 2 aromatic rings. The van der Waals surface area contributed by atoms with Crippen molar-refractivity contribution in [1.82, 2.24) is 14.9 Å².